The number of carbonyl (C=O) groups is 1. The second-order valence-electron chi connectivity index (χ2n) is 4.02. The van der Waals surface area contributed by atoms with Gasteiger partial charge in [0.1, 0.15) is 5.03 Å². The van der Waals surface area contributed by atoms with Gasteiger partial charge in [-0.2, -0.15) is 0 Å². The third kappa shape index (κ3) is 2.95. The van der Waals surface area contributed by atoms with Crippen molar-refractivity contribution in [2.45, 2.75) is 30.7 Å². The average Bonchev–Trinajstić information content (AvgIpc) is 2.80. The molecule has 86 valence electrons. The summed E-state index contributed by atoms with van der Waals surface area (Å²) in [6.45, 7) is 0. The molecule has 1 aliphatic carbocycles. The molecule has 0 aliphatic heterocycles. The predicted molar refractivity (Wildman–Crippen MR) is 61.7 cm³/mol. The van der Waals surface area contributed by atoms with Crippen LogP contribution in [0.1, 0.15) is 36.2 Å². The predicted octanol–water partition coefficient (Wildman–Crippen LogP) is 2.46. The van der Waals surface area contributed by atoms with Crippen molar-refractivity contribution in [1.82, 2.24) is 10.2 Å². The highest BCUT2D eigenvalue weighted by Crippen LogP contribution is 2.29. The zero-order chi connectivity index (χ0) is 11.4. The lowest BCUT2D eigenvalue weighted by Gasteiger charge is -2.06. The van der Waals surface area contributed by atoms with Crippen LogP contribution in [0.2, 0.25) is 0 Å². The number of hydrogen-bond acceptors (Lipinski definition) is 4. The second kappa shape index (κ2) is 5.30. The molecule has 1 aromatic rings. The summed E-state index contributed by atoms with van der Waals surface area (Å²) in [6.07, 6.45) is 5.31. The van der Waals surface area contributed by atoms with Gasteiger partial charge < -0.3 is 5.11 Å². The molecule has 0 spiro atoms. The van der Waals surface area contributed by atoms with Crippen molar-refractivity contribution >= 4 is 17.7 Å². The first-order chi connectivity index (χ1) is 7.75. The number of rotatable bonds is 4. The van der Waals surface area contributed by atoms with E-state index in [4.69, 9.17) is 5.11 Å². The average molecular weight is 238 g/mol. The standard InChI is InChI=1S/C11H14N2O2S/c14-11(15)9-5-6-10(13-12-9)16-7-8-3-1-2-4-8/h5-6,8H,1-4,7H2,(H,14,15). The van der Waals surface area contributed by atoms with E-state index in [2.05, 4.69) is 10.2 Å². The van der Waals surface area contributed by atoms with Crippen LogP contribution in [0.5, 0.6) is 0 Å². The fourth-order valence-corrected chi connectivity index (χ4v) is 2.89. The van der Waals surface area contributed by atoms with Gasteiger partial charge in [0.05, 0.1) is 0 Å². The minimum absolute atomic E-state index is 0.00483. The smallest absolute Gasteiger partial charge is 0.356 e. The van der Waals surface area contributed by atoms with E-state index in [1.165, 1.54) is 31.7 Å². The molecule has 1 N–H and O–H groups in total. The van der Waals surface area contributed by atoms with Crippen molar-refractivity contribution in [3.05, 3.63) is 17.8 Å². The Bertz CT molecular complexity index is 361. The van der Waals surface area contributed by atoms with E-state index >= 15 is 0 Å². The van der Waals surface area contributed by atoms with Crippen LogP contribution >= 0.6 is 11.8 Å². The monoisotopic (exact) mass is 238 g/mol. The highest BCUT2D eigenvalue weighted by molar-refractivity contribution is 7.99. The summed E-state index contributed by atoms with van der Waals surface area (Å²) in [4.78, 5) is 10.6. The number of aromatic carboxylic acids is 1. The molecule has 1 fully saturated rings. The number of carboxylic acids is 1. The molecule has 0 bridgehead atoms. The maximum atomic E-state index is 10.6. The van der Waals surface area contributed by atoms with Gasteiger partial charge in [0, 0.05) is 5.75 Å². The van der Waals surface area contributed by atoms with Gasteiger partial charge in [-0.15, -0.1) is 22.0 Å². The van der Waals surface area contributed by atoms with Gasteiger partial charge in [-0.05, 0) is 30.9 Å². The number of nitrogens with zero attached hydrogens (tertiary/aromatic N) is 2. The van der Waals surface area contributed by atoms with Crippen LogP contribution in [0.15, 0.2) is 17.2 Å². The lowest BCUT2D eigenvalue weighted by molar-refractivity contribution is 0.0689. The lowest BCUT2D eigenvalue weighted by Crippen LogP contribution is -2.02. The zero-order valence-corrected chi connectivity index (χ0v) is 9.74. The minimum Gasteiger partial charge on any atom is -0.476 e. The highest BCUT2D eigenvalue weighted by atomic mass is 32.2. The van der Waals surface area contributed by atoms with E-state index < -0.39 is 5.97 Å². The molecule has 0 atom stereocenters. The van der Waals surface area contributed by atoms with E-state index in [1.54, 1.807) is 17.8 Å². The second-order valence-corrected chi connectivity index (χ2v) is 5.06. The van der Waals surface area contributed by atoms with Crippen LogP contribution in [0.3, 0.4) is 0 Å². The van der Waals surface area contributed by atoms with Crippen LogP contribution in [0.25, 0.3) is 0 Å². The fourth-order valence-electron chi connectivity index (χ4n) is 1.89. The molecule has 1 aliphatic rings. The largest absolute Gasteiger partial charge is 0.476 e. The zero-order valence-electron chi connectivity index (χ0n) is 8.93. The number of aromatic nitrogens is 2. The van der Waals surface area contributed by atoms with Crippen LogP contribution < -0.4 is 0 Å². The van der Waals surface area contributed by atoms with E-state index in [0.717, 1.165) is 16.7 Å². The molecule has 1 heterocycles. The first-order valence-electron chi connectivity index (χ1n) is 5.45. The fraction of sp³-hybridized carbons (Fsp3) is 0.545. The van der Waals surface area contributed by atoms with Crippen molar-refractivity contribution in [1.29, 1.82) is 0 Å². The third-order valence-corrected chi connectivity index (χ3v) is 3.95. The Balaban J connectivity index is 1.87. The molecule has 4 nitrogen and oxygen atoms in total. The van der Waals surface area contributed by atoms with Crippen LogP contribution in [0.4, 0.5) is 0 Å². The molecule has 0 aromatic carbocycles. The summed E-state index contributed by atoms with van der Waals surface area (Å²) in [7, 11) is 0. The summed E-state index contributed by atoms with van der Waals surface area (Å²) in [5, 5.41) is 17.0. The van der Waals surface area contributed by atoms with Gasteiger partial charge in [0.2, 0.25) is 0 Å². The summed E-state index contributed by atoms with van der Waals surface area (Å²) in [6, 6.07) is 3.24. The van der Waals surface area contributed by atoms with Gasteiger partial charge >= 0.3 is 5.97 Å². The van der Waals surface area contributed by atoms with E-state index in [-0.39, 0.29) is 5.69 Å². The number of carboxylic acid groups (broad SMARTS) is 1. The van der Waals surface area contributed by atoms with Crippen molar-refractivity contribution < 1.29 is 9.90 Å². The molecule has 0 amide bonds. The highest BCUT2D eigenvalue weighted by Gasteiger charge is 2.15. The first-order valence-corrected chi connectivity index (χ1v) is 6.44. The van der Waals surface area contributed by atoms with E-state index in [1.807, 2.05) is 0 Å². The van der Waals surface area contributed by atoms with Crippen LogP contribution in [-0.2, 0) is 0 Å². The van der Waals surface area contributed by atoms with Gasteiger partial charge in [0.25, 0.3) is 0 Å². The molecule has 16 heavy (non-hydrogen) atoms. The summed E-state index contributed by atoms with van der Waals surface area (Å²) in [5.41, 5.74) is 0.00483. The van der Waals surface area contributed by atoms with Crippen molar-refractivity contribution in [3.8, 4) is 0 Å². The molecule has 1 saturated carbocycles. The Labute approximate surface area is 98.5 Å². The van der Waals surface area contributed by atoms with Gasteiger partial charge in [-0.1, -0.05) is 12.8 Å². The molecular weight excluding hydrogens is 224 g/mol. The maximum absolute atomic E-state index is 10.6. The van der Waals surface area contributed by atoms with E-state index in [9.17, 15) is 4.79 Å². The molecular formula is C11H14N2O2S. The first kappa shape index (κ1) is 11.4. The Morgan fingerprint density at radius 1 is 1.38 bits per heavy atom. The topological polar surface area (TPSA) is 63.1 Å². The Hall–Kier alpha value is -1.10. The quantitative estimate of drug-likeness (QED) is 0.816. The SMILES string of the molecule is O=C(O)c1ccc(SCC2CCCC2)nn1. The Morgan fingerprint density at radius 3 is 2.69 bits per heavy atom. The van der Waals surface area contributed by atoms with Gasteiger partial charge in [0.15, 0.2) is 5.69 Å². The Kier molecular flexibility index (Phi) is 3.77. The van der Waals surface area contributed by atoms with Gasteiger partial charge in [-0.3, -0.25) is 0 Å². The molecule has 1 aromatic heterocycles. The van der Waals surface area contributed by atoms with Crippen LogP contribution in [-0.4, -0.2) is 27.0 Å². The molecule has 0 saturated heterocycles. The maximum Gasteiger partial charge on any atom is 0.356 e. The molecule has 0 radical (unpaired) electrons. The number of hydrogen-bond donors (Lipinski definition) is 1. The lowest BCUT2D eigenvalue weighted by atomic mass is 10.1. The van der Waals surface area contributed by atoms with Crippen molar-refractivity contribution in [2.24, 2.45) is 5.92 Å². The summed E-state index contributed by atoms with van der Waals surface area (Å²) in [5.74, 6) is 0.840. The van der Waals surface area contributed by atoms with Gasteiger partial charge in [-0.25, -0.2) is 4.79 Å². The Morgan fingerprint density at radius 2 is 2.12 bits per heavy atom. The molecule has 2 rings (SSSR count). The number of thioether (sulfide) groups is 1. The minimum atomic E-state index is -1.03. The van der Waals surface area contributed by atoms with E-state index in [0.29, 0.717) is 0 Å². The van der Waals surface area contributed by atoms with Crippen LogP contribution in [0, 0.1) is 5.92 Å². The summed E-state index contributed by atoms with van der Waals surface area (Å²) >= 11 is 1.67. The van der Waals surface area contributed by atoms with Crippen molar-refractivity contribution in [3.63, 3.8) is 0 Å². The third-order valence-electron chi connectivity index (χ3n) is 2.80. The molecule has 0 unspecified atom stereocenters. The summed E-state index contributed by atoms with van der Waals surface area (Å²) < 4.78 is 0. The van der Waals surface area contributed by atoms with Crippen molar-refractivity contribution in [2.75, 3.05) is 5.75 Å². The normalized spacial score (nSPS) is 16.5. The molecule has 5 heteroatoms.